The maximum atomic E-state index is 10.9. The summed E-state index contributed by atoms with van der Waals surface area (Å²) in [6.45, 7) is 0. The van der Waals surface area contributed by atoms with E-state index < -0.39 is 6.04 Å². The Labute approximate surface area is 81.9 Å². The first kappa shape index (κ1) is 9.15. The zero-order chi connectivity index (χ0) is 10.1. The lowest BCUT2D eigenvalue weighted by molar-refractivity contribution is -0.533. The quantitative estimate of drug-likeness (QED) is 0.538. The van der Waals surface area contributed by atoms with Gasteiger partial charge in [0.1, 0.15) is 0 Å². The van der Waals surface area contributed by atoms with Gasteiger partial charge >= 0.3 is 0 Å². The summed E-state index contributed by atoms with van der Waals surface area (Å²) in [6, 6.07) is 6.42. The van der Waals surface area contributed by atoms with Gasteiger partial charge in [-0.1, -0.05) is 24.3 Å². The van der Waals surface area contributed by atoms with E-state index in [4.69, 9.17) is 5.73 Å². The van der Waals surface area contributed by atoms with E-state index in [0.717, 1.165) is 17.5 Å². The van der Waals surface area contributed by atoms with Crippen LogP contribution in [0.2, 0.25) is 0 Å². The van der Waals surface area contributed by atoms with E-state index in [1.165, 1.54) is 0 Å². The summed E-state index contributed by atoms with van der Waals surface area (Å²) < 4.78 is 0. The minimum absolute atomic E-state index is 0.275. The summed E-state index contributed by atoms with van der Waals surface area (Å²) in [5, 5.41) is 10.9. The minimum atomic E-state index is -0.722. The lowest BCUT2D eigenvalue weighted by Gasteiger charge is -2.24. The summed E-state index contributed by atoms with van der Waals surface area (Å²) in [5.74, 6) is 0. The van der Waals surface area contributed by atoms with Gasteiger partial charge in [-0.05, 0) is 18.4 Å². The molecule has 74 valence electrons. The molecule has 0 bridgehead atoms. The third-order valence-corrected chi connectivity index (χ3v) is 2.75. The summed E-state index contributed by atoms with van der Waals surface area (Å²) in [7, 11) is 0. The van der Waals surface area contributed by atoms with Crippen molar-refractivity contribution in [2.45, 2.75) is 24.9 Å². The first-order valence-corrected chi connectivity index (χ1v) is 4.67. The fourth-order valence-corrected chi connectivity index (χ4v) is 2.03. The van der Waals surface area contributed by atoms with Crippen molar-refractivity contribution in [1.82, 2.24) is 0 Å². The van der Waals surface area contributed by atoms with Crippen LogP contribution in [-0.4, -0.2) is 11.0 Å². The average molecular weight is 192 g/mol. The van der Waals surface area contributed by atoms with Gasteiger partial charge in [-0.3, -0.25) is 10.1 Å². The zero-order valence-electron chi connectivity index (χ0n) is 7.72. The van der Waals surface area contributed by atoms with E-state index in [-0.39, 0.29) is 11.0 Å². The topological polar surface area (TPSA) is 69.2 Å². The van der Waals surface area contributed by atoms with Gasteiger partial charge in [0.25, 0.3) is 6.04 Å². The Bertz CT molecular complexity index is 365. The molecule has 0 saturated heterocycles. The van der Waals surface area contributed by atoms with E-state index >= 15 is 0 Å². The van der Waals surface area contributed by atoms with Gasteiger partial charge in [-0.25, -0.2) is 0 Å². The highest BCUT2D eigenvalue weighted by Crippen LogP contribution is 2.30. The van der Waals surface area contributed by atoms with Crippen molar-refractivity contribution in [3.63, 3.8) is 0 Å². The Morgan fingerprint density at radius 2 is 2.14 bits per heavy atom. The van der Waals surface area contributed by atoms with Crippen LogP contribution < -0.4 is 5.73 Å². The van der Waals surface area contributed by atoms with E-state index in [9.17, 15) is 10.1 Å². The second-order valence-corrected chi connectivity index (χ2v) is 3.63. The fraction of sp³-hybridized carbons (Fsp3) is 0.400. The highest BCUT2D eigenvalue weighted by molar-refractivity contribution is 5.32. The van der Waals surface area contributed by atoms with E-state index in [1.54, 1.807) is 0 Å². The number of benzene rings is 1. The van der Waals surface area contributed by atoms with Crippen LogP contribution in [0, 0.1) is 10.1 Å². The molecule has 0 amide bonds. The zero-order valence-corrected chi connectivity index (χ0v) is 7.72. The number of hydrogen-bond acceptors (Lipinski definition) is 3. The normalized spacial score (nSPS) is 25.5. The molecule has 4 nitrogen and oxygen atoms in total. The number of rotatable bonds is 1. The van der Waals surface area contributed by atoms with E-state index in [0.29, 0.717) is 6.42 Å². The number of hydrogen-bond donors (Lipinski definition) is 1. The first-order valence-electron chi connectivity index (χ1n) is 4.67. The Balaban J connectivity index is 2.46. The molecule has 0 aromatic heterocycles. The molecular weight excluding hydrogens is 180 g/mol. The Hall–Kier alpha value is -1.42. The van der Waals surface area contributed by atoms with Crippen LogP contribution in [0.4, 0.5) is 0 Å². The molecule has 1 aliphatic carbocycles. The summed E-state index contributed by atoms with van der Waals surface area (Å²) >= 11 is 0. The SMILES string of the molecule is NC1CCc2ccccc2C1[N+](=O)[O-]. The minimum Gasteiger partial charge on any atom is -0.322 e. The molecule has 2 unspecified atom stereocenters. The van der Waals surface area contributed by atoms with Gasteiger partial charge in [-0.2, -0.15) is 0 Å². The highest BCUT2D eigenvalue weighted by atomic mass is 16.6. The molecule has 1 aliphatic rings. The molecule has 2 atom stereocenters. The van der Waals surface area contributed by atoms with Gasteiger partial charge in [0.15, 0.2) is 0 Å². The molecule has 0 saturated carbocycles. The van der Waals surface area contributed by atoms with Crippen molar-refractivity contribution < 1.29 is 4.92 Å². The number of nitrogens with two attached hydrogens (primary N) is 1. The third-order valence-electron chi connectivity index (χ3n) is 2.75. The standard InChI is InChI=1S/C10H12N2O2/c11-9-6-5-7-3-1-2-4-8(7)10(9)12(13)14/h1-4,9-10H,5-6,11H2. The van der Waals surface area contributed by atoms with Crippen LogP contribution in [0.5, 0.6) is 0 Å². The van der Waals surface area contributed by atoms with Crippen LogP contribution >= 0.6 is 0 Å². The van der Waals surface area contributed by atoms with E-state index in [2.05, 4.69) is 0 Å². The predicted octanol–water partition coefficient (Wildman–Crippen LogP) is 1.28. The van der Waals surface area contributed by atoms with E-state index in [1.807, 2.05) is 24.3 Å². The smallest absolute Gasteiger partial charge is 0.253 e. The van der Waals surface area contributed by atoms with Crippen LogP contribution in [0.15, 0.2) is 24.3 Å². The largest absolute Gasteiger partial charge is 0.322 e. The van der Waals surface area contributed by atoms with Crippen molar-refractivity contribution in [2.24, 2.45) is 5.73 Å². The molecule has 1 aromatic rings. The van der Waals surface area contributed by atoms with Crippen molar-refractivity contribution in [3.05, 3.63) is 45.5 Å². The monoisotopic (exact) mass is 192 g/mol. The number of nitrogens with zero attached hydrogens (tertiary/aromatic N) is 1. The predicted molar refractivity (Wildman–Crippen MR) is 52.5 cm³/mol. The van der Waals surface area contributed by atoms with Gasteiger partial charge in [0.05, 0.1) is 6.04 Å². The summed E-state index contributed by atoms with van der Waals surface area (Å²) in [5.41, 5.74) is 7.61. The molecule has 4 heteroatoms. The number of fused-ring (bicyclic) bond motifs is 1. The van der Waals surface area contributed by atoms with Crippen LogP contribution in [0.1, 0.15) is 23.6 Å². The Morgan fingerprint density at radius 1 is 1.43 bits per heavy atom. The molecule has 2 N–H and O–H groups in total. The summed E-state index contributed by atoms with van der Waals surface area (Å²) in [4.78, 5) is 10.6. The van der Waals surface area contributed by atoms with Crippen LogP contribution in [0.3, 0.4) is 0 Å². The number of nitro groups is 1. The Morgan fingerprint density at radius 3 is 2.86 bits per heavy atom. The van der Waals surface area contributed by atoms with Gasteiger partial charge in [-0.15, -0.1) is 0 Å². The van der Waals surface area contributed by atoms with Gasteiger partial charge in [0, 0.05) is 10.5 Å². The van der Waals surface area contributed by atoms with Crippen LogP contribution in [0.25, 0.3) is 0 Å². The lowest BCUT2D eigenvalue weighted by atomic mass is 9.85. The molecule has 0 aliphatic heterocycles. The highest BCUT2D eigenvalue weighted by Gasteiger charge is 2.35. The molecule has 1 aromatic carbocycles. The fourth-order valence-electron chi connectivity index (χ4n) is 2.03. The second-order valence-electron chi connectivity index (χ2n) is 3.63. The van der Waals surface area contributed by atoms with Gasteiger partial charge < -0.3 is 5.73 Å². The second kappa shape index (κ2) is 3.38. The third kappa shape index (κ3) is 1.37. The molecular formula is C10H12N2O2. The van der Waals surface area contributed by atoms with Crippen molar-refractivity contribution >= 4 is 0 Å². The van der Waals surface area contributed by atoms with Gasteiger partial charge in [0.2, 0.25) is 0 Å². The Kier molecular flexibility index (Phi) is 2.21. The molecule has 0 radical (unpaired) electrons. The average Bonchev–Trinajstić information content (AvgIpc) is 2.17. The number of aryl methyl sites for hydroxylation is 1. The van der Waals surface area contributed by atoms with Crippen molar-refractivity contribution in [1.29, 1.82) is 0 Å². The molecule has 0 heterocycles. The molecule has 0 fully saturated rings. The lowest BCUT2D eigenvalue weighted by Crippen LogP contribution is -2.37. The van der Waals surface area contributed by atoms with Crippen LogP contribution in [-0.2, 0) is 6.42 Å². The molecule has 2 rings (SSSR count). The molecule has 0 spiro atoms. The first-order chi connectivity index (χ1) is 6.70. The van der Waals surface area contributed by atoms with Crippen molar-refractivity contribution in [3.8, 4) is 0 Å². The molecule has 14 heavy (non-hydrogen) atoms. The van der Waals surface area contributed by atoms with Crippen molar-refractivity contribution in [2.75, 3.05) is 0 Å². The maximum absolute atomic E-state index is 10.9. The maximum Gasteiger partial charge on any atom is 0.253 e. The summed E-state index contributed by atoms with van der Waals surface area (Å²) in [6.07, 6.45) is 1.55.